The fourth-order valence-corrected chi connectivity index (χ4v) is 3.34. The number of ether oxygens (including phenoxy) is 1. The van der Waals surface area contributed by atoms with Crippen LogP contribution in [0.1, 0.15) is 51.9 Å². The fourth-order valence-electron chi connectivity index (χ4n) is 3.34. The van der Waals surface area contributed by atoms with Crippen molar-refractivity contribution in [3.8, 4) is 0 Å². The second-order valence-corrected chi connectivity index (χ2v) is 6.63. The van der Waals surface area contributed by atoms with Crippen molar-refractivity contribution in [1.82, 2.24) is 25.3 Å². The molecule has 0 bridgehead atoms. The standard InChI is InChI=1S/C18H34N6O2/c1-6-23(7-2)12-15-9-10-24(13-15)18(19-5)20-11-16-21-17(22-26-16)14(4)25-8-3/h14-15H,6-13H2,1-5H3,(H,19,20). The van der Waals surface area contributed by atoms with Crippen LogP contribution in [0.5, 0.6) is 0 Å². The summed E-state index contributed by atoms with van der Waals surface area (Å²) in [6.45, 7) is 14.9. The fraction of sp³-hybridized carbons (Fsp3) is 0.833. The van der Waals surface area contributed by atoms with Crippen LogP contribution in [-0.2, 0) is 11.3 Å². The van der Waals surface area contributed by atoms with E-state index in [2.05, 4.69) is 44.1 Å². The molecule has 1 fully saturated rings. The van der Waals surface area contributed by atoms with Crippen molar-refractivity contribution >= 4 is 5.96 Å². The van der Waals surface area contributed by atoms with Crippen LogP contribution in [0.2, 0.25) is 0 Å². The minimum atomic E-state index is -0.156. The summed E-state index contributed by atoms with van der Waals surface area (Å²) in [4.78, 5) is 13.6. The Labute approximate surface area is 157 Å². The zero-order chi connectivity index (χ0) is 18.9. The molecule has 1 aromatic rings. The Morgan fingerprint density at radius 3 is 2.85 bits per heavy atom. The molecule has 26 heavy (non-hydrogen) atoms. The van der Waals surface area contributed by atoms with Crippen molar-refractivity contribution in [3.63, 3.8) is 0 Å². The summed E-state index contributed by atoms with van der Waals surface area (Å²) >= 11 is 0. The monoisotopic (exact) mass is 366 g/mol. The molecule has 8 heteroatoms. The van der Waals surface area contributed by atoms with Crippen LogP contribution in [0, 0.1) is 5.92 Å². The first-order valence-electron chi connectivity index (χ1n) is 9.73. The van der Waals surface area contributed by atoms with Crippen LogP contribution >= 0.6 is 0 Å². The second kappa shape index (κ2) is 10.5. The molecule has 0 aromatic carbocycles. The Morgan fingerprint density at radius 2 is 2.19 bits per heavy atom. The van der Waals surface area contributed by atoms with E-state index in [1.165, 1.54) is 6.42 Å². The average Bonchev–Trinajstić information content (AvgIpc) is 3.30. The summed E-state index contributed by atoms with van der Waals surface area (Å²) in [5, 5.41) is 7.33. The van der Waals surface area contributed by atoms with Gasteiger partial charge in [-0.2, -0.15) is 4.98 Å². The zero-order valence-corrected chi connectivity index (χ0v) is 16.9. The lowest BCUT2D eigenvalue weighted by Crippen LogP contribution is -2.40. The van der Waals surface area contributed by atoms with Gasteiger partial charge < -0.3 is 24.4 Å². The minimum absolute atomic E-state index is 0.156. The van der Waals surface area contributed by atoms with Crippen molar-refractivity contribution in [2.24, 2.45) is 10.9 Å². The van der Waals surface area contributed by atoms with Crippen LogP contribution in [0.15, 0.2) is 9.52 Å². The maximum absolute atomic E-state index is 5.49. The van der Waals surface area contributed by atoms with Gasteiger partial charge in [-0.15, -0.1) is 0 Å². The van der Waals surface area contributed by atoms with Gasteiger partial charge in [0.05, 0.1) is 6.54 Å². The van der Waals surface area contributed by atoms with E-state index in [1.807, 2.05) is 20.9 Å². The van der Waals surface area contributed by atoms with Crippen LogP contribution in [0.4, 0.5) is 0 Å². The van der Waals surface area contributed by atoms with Gasteiger partial charge in [-0.1, -0.05) is 19.0 Å². The average molecular weight is 367 g/mol. The van der Waals surface area contributed by atoms with Gasteiger partial charge in [0.25, 0.3) is 0 Å². The molecule has 8 nitrogen and oxygen atoms in total. The first-order chi connectivity index (χ1) is 12.6. The predicted molar refractivity (Wildman–Crippen MR) is 102 cm³/mol. The van der Waals surface area contributed by atoms with Crippen LogP contribution in [-0.4, -0.2) is 72.3 Å². The Balaban J connectivity index is 1.83. The molecular weight excluding hydrogens is 332 g/mol. The lowest BCUT2D eigenvalue weighted by atomic mass is 10.1. The zero-order valence-electron chi connectivity index (χ0n) is 16.9. The Bertz CT molecular complexity index is 558. The van der Waals surface area contributed by atoms with Crippen LogP contribution in [0.25, 0.3) is 0 Å². The Hall–Kier alpha value is -1.67. The molecule has 0 spiro atoms. The molecule has 2 rings (SSSR count). The third-order valence-corrected chi connectivity index (χ3v) is 4.87. The summed E-state index contributed by atoms with van der Waals surface area (Å²) in [5.41, 5.74) is 0. The smallest absolute Gasteiger partial charge is 0.246 e. The molecule has 1 aliphatic heterocycles. The molecule has 1 aromatic heterocycles. The van der Waals surface area contributed by atoms with E-state index in [0.29, 0.717) is 30.8 Å². The third kappa shape index (κ3) is 5.67. The first kappa shape index (κ1) is 20.6. The highest BCUT2D eigenvalue weighted by atomic mass is 16.5. The number of nitrogens with zero attached hydrogens (tertiary/aromatic N) is 5. The number of rotatable bonds is 9. The van der Waals surface area contributed by atoms with E-state index in [9.17, 15) is 0 Å². The van der Waals surface area contributed by atoms with Gasteiger partial charge >= 0.3 is 0 Å². The molecular formula is C18H34N6O2. The van der Waals surface area contributed by atoms with Gasteiger partial charge in [-0.25, -0.2) is 0 Å². The molecule has 148 valence electrons. The van der Waals surface area contributed by atoms with Gasteiger partial charge in [-0.05, 0) is 39.3 Å². The summed E-state index contributed by atoms with van der Waals surface area (Å²) in [5.74, 6) is 2.71. The Morgan fingerprint density at radius 1 is 1.42 bits per heavy atom. The highest BCUT2D eigenvalue weighted by molar-refractivity contribution is 5.80. The van der Waals surface area contributed by atoms with E-state index in [4.69, 9.17) is 9.26 Å². The van der Waals surface area contributed by atoms with Crippen molar-refractivity contribution < 1.29 is 9.26 Å². The number of nitrogens with one attached hydrogen (secondary N) is 1. The largest absolute Gasteiger partial charge is 0.371 e. The maximum atomic E-state index is 5.49. The van der Waals surface area contributed by atoms with Crippen LogP contribution in [0.3, 0.4) is 0 Å². The van der Waals surface area contributed by atoms with Gasteiger partial charge in [-0.3, -0.25) is 4.99 Å². The summed E-state index contributed by atoms with van der Waals surface area (Å²) in [7, 11) is 1.82. The Kier molecular flexibility index (Phi) is 8.31. The molecule has 0 aliphatic carbocycles. The molecule has 2 atom stereocenters. The third-order valence-electron chi connectivity index (χ3n) is 4.87. The molecule has 0 amide bonds. The molecule has 1 N–H and O–H groups in total. The normalized spacial score (nSPS) is 19.4. The second-order valence-electron chi connectivity index (χ2n) is 6.63. The maximum Gasteiger partial charge on any atom is 0.246 e. The molecule has 0 radical (unpaired) electrons. The van der Waals surface area contributed by atoms with Crippen molar-refractivity contribution in [2.45, 2.75) is 46.8 Å². The van der Waals surface area contributed by atoms with Gasteiger partial charge in [0, 0.05) is 33.3 Å². The predicted octanol–water partition coefficient (Wildman–Crippen LogP) is 1.91. The van der Waals surface area contributed by atoms with E-state index in [0.717, 1.165) is 38.7 Å². The molecule has 0 saturated carbocycles. The topological polar surface area (TPSA) is 79.0 Å². The summed E-state index contributed by atoms with van der Waals surface area (Å²) in [6.07, 6.45) is 1.05. The molecule has 1 saturated heterocycles. The van der Waals surface area contributed by atoms with Gasteiger partial charge in [0.15, 0.2) is 11.8 Å². The highest BCUT2D eigenvalue weighted by Gasteiger charge is 2.26. The number of likely N-dealkylation sites (tertiary alicyclic amines) is 1. The van der Waals surface area contributed by atoms with E-state index in [1.54, 1.807) is 0 Å². The lowest BCUT2D eigenvalue weighted by Gasteiger charge is -2.24. The summed E-state index contributed by atoms with van der Waals surface area (Å²) in [6, 6.07) is 0. The number of hydrogen-bond acceptors (Lipinski definition) is 6. The number of hydrogen-bond donors (Lipinski definition) is 1. The van der Waals surface area contributed by atoms with E-state index < -0.39 is 0 Å². The molecule has 2 unspecified atom stereocenters. The molecule has 1 aliphatic rings. The van der Waals surface area contributed by atoms with E-state index in [-0.39, 0.29) is 6.10 Å². The van der Waals surface area contributed by atoms with Crippen LogP contribution < -0.4 is 5.32 Å². The summed E-state index contributed by atoms with van der Waals surface area (Å²) < 4.78 is 10.8. The first-order valence-corrected chi connectivity index (χ1v) is 9.73. The quantitative estimate of drug-likeness (QED) is 0.528. The number of guanidine groups is 1. The number of aliphatic imine (C=N–C) groups is 1. The van der Waals surface area contributed by atoms with E-state index >= 15 is 0 Å². The highest BCUT2D eigenvalue weighted by Crippen LogP contribution is 2.18. The van der Waals surface area contributed by atoms with Gasteiger partial charge in [0.1, 0.15) is 6.10 Å². The lowest BCUT2D eigenvalue weighted by molar-refractivity contribution is 0.0683. The van der Waals surface area contributed by atoms with Crippen molar-refractivity contribution in [2.75, 3.05) is 46.4 Å². The van der Waals surface area contributed by atoms with Crippen molar-refractivity contribution in [1.29, 1.82) is 0 Å². The van der Waals surface area contributed by atoms with Crippen molar-refractivity contribution in [3.05, 3.63) is 11.7 Å². The van der Waals surface area contributed by atoms with Gasteiger partial charge in [0.2, 0.25) is 5.89 Å². The minimum Gasteiger partial charge on any atom is -0.371 e. The molecule has 2 heterocycles. The SMILES string of the molecule is CCOC(C)c1noc(CNC(=NC)N2CCC(CN(CC)CC)C2)n1. The number of aromatic nitrogens is 2.